The molecular formula is C33H31N5O. The van der Waals surface area contributed by atoms with Crippen molar-refractivity contribution in [3.63, 3.8) is 0 Å². The summed E-state index contributed by atoms with van der Waals surface area (Å²) in [4.78, 5) is 22.4. The summed E-state index contributed by atoms with van der Waals surface area (Å²) in [7, 11) is 0. The van der Waals surface area contributed by atoms with Crippen molar-refractivity contribution < 1.29 is 4.79 Å². The van der Waals surface area contributed by atoms with E-state index in [1.54, 1.807) is 24.3 Å². The molecule has 0 N–H and O–H groups in total. The van der Waals surface area contributed by atoms with Crippen LogP contribution in [0, 0.1) is 18.3 Å². The van der Waals surface area contributed by atoms with Crippen molar-refractivity contribution in [2.24, 2.45) is 0 Å². The van der Waals surface area contributed by atoms with Gasteiger partial charge in [-0.2, -0.15) is 5.26 Å². The second-order valence-corrected chi connectivity index (χ2v) is 10.3. The average Bonchev–Trinajstić information content (AvgIpc) is 3.35. The highest BCUT2D eigenvalue weighted by Crippen LogP contribution is 2.29. The van der Waals surface area contributed by atoms with E-state index in [-0.39, 0.29) is 5.91 Å². The number of carbonyl (C=O) groups excluding carboxylic acids is 1. The predicted molar refractivity (Wildman–Crippen MR) is 154 cm³/mol. The summed E-state index contributed by atoms with van der Waals surface area (Å²) in [6, 6.07) is 21.9. The molecule has 6 rings (SSSR count). The minimum Gasteiger partial charge on any atom is -0.336 e. The minimum atomic E-state index is 0.0211. The van der Waals surface area contributed by atoms with Crippen molar-refractivity contribution in [3.05, 3.63) is 113 Å². The van der Waals surface area contributed by atoms with Gasteiger partial charge in [-0.1, -0.05) is 48.1 Å². The molecular weight excluding hydrogens is 482 g/mol. The van der Waals surface area contributed by atoms with Gasteiger partial charge in [0.15, 0.2) is 0 Å². The summed E-state index contributed by atoms with van der Waals surface area (Å²) in [5.74, 6) is 0.0211. The summed E-state index contributed by atoms with van der Waals surface area (Å²) >= 11 is 0. The minimum absolute atomic E-state index is 0.0211. The van der Waals surface area contributed by atoms with Crippen LogP contribution in [-0.4, -0.2) is 51.3 Å². The number of amides is 1. The molecule has 2 aromatic heterocycles. The van der Waals surface area contributed by atoms with Crippen LogP contribution in [0.4, 0.5) is 0 Å². The topological polar surface area (TPSA) is 64.6 Å². The van der Waals surface area contributed by atoms with Crippen LogP contribution in [0.5, 0.6) is 0 Å². The number of carbonyl (C=O) groups is 1. The van der Waals surface area contributed by atoms with Crippen molar-refractivity contribution in [1.29, 1.82) is 5.26 Å². The van der Waals surface area contributed by atoms with Crippen molar-refractivity contribution in [2.75, 3.05) is 26.2 Å². The van der Waals surface area contributed by atoms with E-state index in [0.717, 1.165) is 49.4 Å². The number of aryl methyl sites for hydroxylation is 1. The SMILES string of the molecule is Cc1ccc(-c2nc3ccc(C4=CCCC=C4)cn3c2CN2CCN(C(=O)c3ccc(C#N)cc3)CC2)cc1. The zero-order chi connectivity index (χ0) is 26.8. The van der Waals surface area contributed by atoms with E-state index in [1.807, 2.05) is 4.90 Å². The lowest BCUT2D eigenvalue weighted by Crippen LogP contribution is -2.48. The number of nitriles is 1. The first-order valence-corrected chi connectivity index (χ1v) is 13.6. The lowest BCUT2D eigenvalue weighted by atomic mass is 10.0. The van der Waals surface area contributed by atoms with Crippen LogP contribution >= 0.6 is 0 Å². The van der Waals surface area contributed by atoms with Gasteiger partial charge in [0, 0.05) is 50.0 Å². The first-order valence-electron chi connectivity index (χ1n) is 13.6. The lowest BCUT2D eigenvalue weighted by molar-refractivity contribution is 0.0627. The molecule has 1 amide bonds. The second kappa shape index (κ2) is 10.7. The number of aromatic nitrogens is 2. The fourth-order valence-electron chi connectivity index (χ4n) is 5.38. The van der Waals surface area contributed by atoms with Gasteiger partial charge in [0.2, 0.25) is 0 Å². The number of imidazole rings is 1. The van der Waals surface area contributed by atoms with E-state index < -0.39 is 0 Å². The molecule has 1 fully saturated rings. The number of hydrogen-bond acceptors (Lipinski definition) is 4. The number of fused-ring (bicyclic) bond motifs is 1. The first-order chi connectivity index (χ1) is 19.1. The molecule has 194 valence electrons. The molecule has 1 saturated heterocycles. The van der Waals surface area contributed by atoms with E-state index in [0.29, 0.717) is 24.2 Å². The average molecular weight is 514 g/mol. The third-order valence-electron chi connectivity index (χ3n) is 7.66. The molecule has 0 spiro atoms. The van der Waals surface area contributed by atoms with Gasteiger partial charge in [-0.25, -0.2) is 4.98 Å². The number of allylic oxidation sites excluding steroid dienone is 4. The standard InChI is InChI=1S/C33H31N5O/c1-24-7-11-27(12-8-24)32-30(38-22-29(15-16-31(38)35-32)26-5-3-2-4-6-26)23-36-17-19-37(20-18-36)33(39)28-13-9-25(21-34)10-14-28/h3,5-16,22H,2,4,17-20,23H2,1H3. The number of rotatable bonds is 5. The maximum absolute atomic E-state index is 13.1. The molecule has 0 radical (unpaired) electrons. The molecule has 6 nitrogen and oxygen atoms in total. The zero-order valence-electron chi connectivity index (χ0n) is 22.2. The normalized spacial score (nSPS) is 15.8. The largest absolute Gasteiger partial charge is 0.336 e. The lowest BCUT2D eigenvalue weighted by Gasteiger charge is -2.34. The summed E-state index contributed by atoms with van der Waals surface area (Å²) in [5, 5.41) is 9.04. The maximum Gasteiger partial charge on any atom is 0.253 e. The molecule has 6 heteroatoms. The van der Waals surface area contributed by atoms with Crippen LogP contribution in [0.3, 0.4) is 0 Å². The molecule has 2 aliphatic rings. The fourth-order valence-corrected chi connectivity index (χ4v) is 5.38. The quantitative estimate of drug-likeness (QED) is 0.335. The Balaban J connectivity index is 1.26. The van der Waals surface area contributed by atoms with Gasteiger partial charge >= 0.3 is 0 Å². The Labute approximate surface area is 229 Å². The van der Waals surface area contributed by atoms with Crippen molar-refractivity contribution in [3.8, 4) is 17.3 Å². The first kappa shape index (κ1) is 24.8. The van der Waals surface area contributed by atoms with Crippen LogP contribution in [0.15, 0.2) is 85.1 Å². The van der Waals surface area contributed by atoms with Gasteiger partial charge < -0.3 is 9.30 Å². The summed E-state index contributed by atoms with van der Waals surface area (Å²) in [6.45, 7) is 5.76. The van der Waals surface area contributed by atoms with E-state index >= 15 is 0 Å². The van der Waals surface area contributed by atoms with Gasteiger partial charge in [-0.15, -0.1) is 0 Å². The summed E-state index contributed by atoms with van der Waals surface area (Å²) in [6.07, 6.45) is 11.2. The Bertz CT molecular complexity index is 1610. The molecule has 1 aliphatic carbocycles. The highest BCUT2D eigenvalue weighted by atomic mass is 16.2. The van der Waals surface area contributed by atoms with Gasteiger partial charge in [-0.3, -0.25) is 9.69 Å². The van der Waals surface area contributed by atoms with Crippen LogP contribution in [0.25, 0.3) is 22.5 Å². The zero-order valence-corrected chi connectivity index (χ0v) is 22.2. The summed E-state index contributed by atoms with van der Waals surface area (Å²) in [5.41, 5.74) is 9.12. The van der Waals surface area contributed by atoms with Gasteiger partial charge in [0.1, 0.15) is 5.65 Å². The Morgan fingerprint density at radius 2 is 1.67 bits per heavy atom. The van der Waals surface area contributed by atoms with Gasteiger partial charge in [0.05, 0.1) is 23.0 Å². The highest BCUT2D eigenvalue weighted by Gasteiger charge is 2.24. The number of hydrogen-bond donors (Lipinski definition) is 0. The van der Waals surface area contributed by atoms with Crippen molar-refractivity contribution in [1.82, 2.24) is 19.2 Å². The molecule has 39 heavy (non-hydrogen) atoms. The van der Waals surface area contributed by atoms with E-state index in [4.69, 9.17) is 10.2 Å². The van der Waals surface area contributed by atoms with Crippen LogP contribution in [0.1, 0.15) is 45.6 Å². The Hall–Kier alpha value is -4.47. The number of piperazine rings is 1. The second-order valence-electron chi connectivity index (χ2n) is 10.3. The predicted octanol–water partition coefficient (Wildman–Crippen LogP) is 5.87. The molecule has 0 saturated carbocycles. The Morgan fingerprint density at radius 1 is 0.923 bits per heavy atom. The number of pyridine rings is 1. The molecule has 0 bridgehead atoms. The molecule has 4 aromatic rings. The maximum atomic E-state index is 13.1. The molecule has 0 atom stereocenters. The Kier molecular flexibility index (Phi) is 6.83. The summed E-state index contributed by atoms with van der Waals surface area (Å²) < 4.78 is 2.25. The number of benzene rings is 2. The van der Waals surface area contributed by atoms with Gasteiger partial charge in [0.25, 0.3) is 5.91 Å². The van der Waals surface area contributed by atoms with Crippen LogP contribution in [-0.2, 0) is 6.54 Å². The third-order valence-corrected chi connectivity index (χ3v) is 7.66. The van der Waals surface area contributed by atoms with Crippen LogP contribution in [0.2, 0.25) is 0 Å². The third kappa shape index (κ3) is 5.14. The van der Waals surface area contributed by atoms with Crippen molar-refractivity contribution in [2.45, 2.75) is 26.3 Å². The molecule has 0 unspecified atom stereocenters. The van der Waals surface area contributed by atoms with E-state index in [9.17, 15) is 4.79 Å². The van der Waals surface area contributed by atoms with E-state index in [1.165, 1.54) is 22.4 Å². The van der Waals surface area contributed by atoms with E-state index in [2.05, 4.69) is 83.1 Å². The Morgan fingerprint density at radius 3 is 2.36 bits per heavy atom. The molecule has 2 aromatic carbocycles. The van der Waals surface area contributed by atoms with Crippen LogP contribution < -0.4 is 0 Å². The molecule has 3 heterocycles. The highest BCUT2D eigenvalue weighted by molar-refractivity contribution is 5.94. The molecule has 1 aliphatic heterocycles. The monoisotopic (exact) mass is 513 g/mol. The smallest absolute Gasteiger partial charge is 0.253 e. The van der Waals surface area contributed by atoms with Crippen molar-refractivity contribution >= 4 is 17.1 Å². The fraction of sp³-hybridized carbons (Fsp3) is 0.242. The van der Waals surface area contributed by atoms with Gasteiger partial charge in [-0.05, 0) is 67.3 Å². The number of nitrogens with zero attached hydrogens (tertiary/aromatic N) is 5.